The van der Waals surface area contributed by atoms with Crippen LogP contribution in [-0.2, 0) is 0 Å². The van der Waals surface area contributed by atoms with E-state index >= 15 is 0 Å². The number of hydrogen-bond donors (Lipinski definition) is 6. The van der Waals surface area contributed by atoms with Gasteiger partial charge >= 0.3 is 0 Å². The molecule has 2 rings (SSSR count). The molecule has 6 unspecified atom stereocenters. The first-order chi connectivity index (χ1) is 9.67. The molecule has 0 bridgehead atoms. The fraction of sp³-hybridized carbons (Fsp3) is 0.917. The molecule has 0 saturated carbocycles. The monoisotopic (exact) mass is 303 g/mol. The van der Waals surface area contributed by atoms with Gasteiger partial charge in [0.2, 0.25) is 0 Å². The van der Waals surface area contributed by atoms with Gasteiger partial charge in [-0.2, -0.15) is 11.8 Å². The van der Waals surface area contributed by atoms with Crippen LogP contribution in [0.1, 0.15) is 0 Å². The number of nitrogens with zero attached hydrogens (tertiary/aromatic N) is 1. The van der Waals surface area contributed by atoms with E-state index in [0.717, 1.165) is 13.1 Å². The molecule has 7 N–H and O–H groups in total. The maximum absolute atomic E-state index is 9.94. The molecule has 1 fully saturated rings. The topological polar surface area (TPSA) is 115 Å². The molecule has 0 amide bonds. The van der Waals surface area contributed by atoms with E-state index in [0.29, 0.717) is 11.7 Å². The van der Waals surface area contributed by atoms with E-state index in [1.807, 2.05) is 6.26 Å². The molecule has 0 spiro atoms. The molecule has 7 nitrogen and oxygen atoms in total. The minimum absolute atomic E-state index is 0.0651. The second kappa shape index (κ2) is 7.58. The first-order valence-electron chi connectivity index (χ1n) is 6.95. The van der Waals surface area contributed by atoms with Crippen molar-refractivity contribution in [1.82, 2.24) is 16.0 Å². The standard InChI is InChI=1S/C12H25N5O2S/c1-20-5-9(19)8(4-18)14-2-7-3-15-11-10(7)16-6-17-12(11)13/h6-12,14-15,18-19H,2-5,13H2,1H3,(H,16,17). The lowest BCUT2D eigenvalue weighted by Gasteiger charge is -2.31. The van der Waals surface area contributed by atoms with E-state index in [1.165, 1.54) is 0 Å². The first kappa shape index (κ1) is 16.0. The molecule has 1 saturated heterocycles. The van der Waals surface area contributed by atoms with E-state index in [2.05, 4.69) is 20.9 Å². The summed E-state index contributed by atoms with van der Waals surface area (Å²) >= 11 is 1.57. The summed E-state index contributed by atoms with van der Waals surface area (Å²) in [6.07, 6.45) is 2.87. The molecule has 0 aliphatic carbocycles. The Morgan fingerprint density at radius 3 is 3.05 bits per heavy atom. The number of aliphatic imine (C=N–C) groups is 1. The minimum atomic E-state index is -0.539. The van der Waals surface area contributed by atoms with Crippen LogP contribution >= 0.6 is 11.8 Å². The predicted octanol–water partition coefficient (Wildman–Crippen LogP) is -2.47. The molecule has 0 radical (unpaired) electrons. The molecule has 2 heterocycles. The zero-order chi connectivity index (χ0) is 14.5. The molecule has 20 heavy (non-hydrogen) atoms. The maximum atomic E-state index is 9.94. The number of nitrogens with two attached hydrogens (primary N) is 1. The first-order valence-corrected chi connectivity index (χ1v) is 8.34. The molecular weight excluding hydrogens is 278 g/mol. The molecular formula is C12H25N5O2S. The van der Waals surface area contributed by atoms with Gasteiger partial charge in [0.05, 0.1) is 37.2 Å². The lowest BCUT2D eigenvalue weighted by molar-refractivity contribution is 0.104. The van der Waals surface area contributed by atoms with Crippen molar-refractivity contribution >= 4 is 18.1 Å². The maximum Gasteiger partial charge on any atom is 0.116 e. The molecule has 0 aromatic rings. The summed E-state index contributed by atoms with van der Waals surface area (Å²) in [6, 6.07) is 0.106. The summed E-state index contributed by atoms with van der Waals surface area (Å²) < 4.78 is 0. The van der Waals surface area contributed by atoms with Gasteiger partial charge in [-0.15, -0.1) is 0 Å². The molecule has 0 aromatic carbocycles. The van der Waals surface area contributed by atoms with Crippen LogP contribution in [0.25, 0.3) is 0 Å². The van der Waals surface area contributed by atoms with Crippen molar-refractivity contribution in [1.29, 1.82) is 0 Å². The lowest BCUT2D eigenvalue weighted by Crippen LogP contribution is -2.56. The lowest BCUT2D eigenvalue weighted by atomic mass is 9.96. The highest BCUT2D eigenvalue weighted by Crippen LogP contribution is 2.19. The summed E-state index contributed by atoms with van der Waals surface area (Å²) in [5.74, 6) is 0.969. The Bertz CT molecular complexity index is 333. The van der Waals surface area contributed by atoms with Crippen LogP contribution in [-0.4, -0.2) is 78.7 Å². The van der Waals surface area contributed by atoms with Crippen molar-refractivity contribution in [3.8, 4) is 0 Å². The highest BCUT2D eigenvalue weighted by molar-refractivity contribution is 7.98. The summed E-state index contributed by atoms with van der Waals surface area (Å²) in [6.45, 7) is 1.51. The third kappa shape index (κ3) is 3.63. The number of nitrogens with one attached hydrogen (secondary N) is 3. The van der Waals surface area contributed by atoms with Crippen molar-refractivity contribution in [2.75, 3.05) is 31.7 Å². The van der Waals surface area contributed by atoms with E-state index in [4.69, 9.17) is 5.73 Å². The third-order valence-corrected chi connectivity index (χ3v) is 4.71. The van der Waals surface area contributed by atoms with Crippen molar-refractivity contribution in [2.24, 2.45) is 16.6 Å². The van der Waals surface area contributed by atoms with Crippen LogP contribution < -0.4 is 21.7 Å². The zero-order valence-electron chi connectivity index (χ0n) is 11.7. The summed E-state index contributed by atoms with van der Waals surface area (Å²) in [4.78, 5) is 4.15. The van der Waals surface area contributed by atoms with Gasteiger partial charge < -0.3 is 31.9 Å². The van der Waals surface area contributed by atoms with E-state index < -0.39 is 6.10 Å². The summed E-state index contributed by atoms with van der Waals surface area (Å²) in [5, 5.41) is 29.2. The summed E-state index contributed by atoms with van der Waals surface area (Å²) in [5.41, 5.74) is 5.95. The largest absolute Gasteiger partial charge is 0.395 e. The van der Waals surface area contributed by atoms with Crippen LogP contribution in [0.15, 0.2) is 4.99 Å². The molecule has 0 aromatic heterocycles. The number of thioether (sulfide) groups is 1. The van der Waals surface area contributed by atoms with Gasteiger partial charge in [0.25, 0.3) is 0 Å². The quantitative estimate of drug-likeness (QED) is 0.309. The third-order valence-electron chi connectivity index (χ3n) is 4.03. The minimum Gasteiger partial charge on any atom is -0.395 e. The molecule has 2 aliphatic heterocycles. The number of rotatable bonds is 7. The second-order valence-electron chi connectivity index (χ2n) is 5.38. The average molecular weight is 303 g/mol. The SMILES string of the molecule is CSCC(O)C(CO)NCC1CNC2C(N)N=CNC12. The van der Waals surface area contributed by atoms with Crippen molar-refractivity contribution in [3.05, 3.63) is 0 Å². The number of aliphatic hydroxyl groups excluding tert-OH is 2. The zero-order valence-corrected chi connectivity index (χ0v) is 12.5. The number of hydrogen-bond acceptors (Lipinski definition) is 8. The van der Waals surface area contributed by atoms with E-state index in [1.54, 1.807) is 18.1 Å². The van der Waals surface area contributed by atoms with Crippen molar-refractivity contribution in [3.63, 3.8) is 0 Å². The van der Waals surface area contributed by atoms with Gasteiger partial charge in [0, 0.05) is 24.8 Å². The van der Waals surface area contributed by atoms with Crippen molar-refractivity contribution in [2.45, 2.75) is 30.4 Å². The molecule has 8 heteroatoms. The van der Waals surface area contributed by atoms with Crippen LogP contribution in [0.2, 0.25) is 0 Å². The van der Waals surface area contributed by atoms with Gasteiger partial charge in [-0.1, -0.05) is 0 Å². The summed E-state index contributed by atoms with van der Waals surface area (Å²) in [7, 11) is 0. The fourth-order valence-corrected chi connectivity index (χ4v) is 3.40. The average Bonchev–Trinajstić information content (AvgIpc) is 2.85. The highest BCUT2D eigenvalue weighted by atomic mass is 32.2. The number of aliphatic hydroxyl groups is 2. The van der Waals surface area contributed by atoms with Gasteiger partial charge in [-0.05, 0) is 6.26 Å². The highest BCUT2D eigenvalue weighted by Gasteiger charge is 2.40. The second-order valence-corrected chi connectivity index (χ2v) is 6.29. The molecule has 2 aliphatic rings. The smallest absolute Gasteiger partial charge is 0.116 e. The van der Waals surface area contributed by atoms with Gasteiger partial charge in [0.15, 0.2) is 0 Å². The van der Waals surface area contributed by atoms with Gasteiger partial charge in [-0.3, -0.25) is 4.99 Å². The predicted molar refractivity (Wildman–Crippen MR) is 81.9 cm³/mol. The molecule has 6 atom stereocenters. The van der Waals surface area contributed by atoms with Crippen molar-refractivity contribution < 1.29 is 10.2 Å². The van der Waals surface area contributed by atoms with Crippen LogP contribution in [0.4, 0.5) is 0 Å². The van der Waals surface area contributed by atoms with E-state index in [9.17, 15) is 10.2 Å². The Hall–Kier alpha value is -0.380. The fourth-order valence-electron chi connectivity index (χ4n) is 2.83. The van der Waals surface area contributed by atoms with Crippen LogP contribution in [0, 0.1) is 5.92 Å². The van der Waals surface area contributed by atoms with Gasteiger partial charge in [0.1, 0.15) is 6.17 Å². The Kier molecular flexibility index (Phi) is 6.06. The van der Waals surface area contributed by atoms with Crippen LogP contribution in [0.5, 0.6) is 0 Å². The van der Waals surface area contributed by atoms with Gasteiger partial charge in [-0.25, -0.2) is 0 Å². The Morgan fingerprint density at radius 1 is 1.55 bits per heavy atom. The Balaban J connectivity index is 1.83. The van der Waals surface area contributed by atoms with Crippen LogP contribution in [0.3, 0.4) is 0 Å². The Labute approximate surface area is 123 Å². The Morgan fingerprint density at radius 2 is 2.35 bits per heavy atom. The molecule has 116 valence electrons. The van der Waals surface area contributed by atoms with E-state index in [-0.39, 0.29) is 30.9 Å². The normalized spacial score (nSPS) is 35.4. The number of fused-ring (bicyclic) bond motifs is 1.